The quantitative estimate of drug-likeness (QED) is 0.0595. The lowest BCUT2D eigenvalue weighted by atomic mass is 10.1. The van der Waals surface area contributed by atoms with Crippen molar-refractivity contribution in [3.05, 3.63) is 12.1 Å². The highest BCUT2D eigenvalue weighted by Crippen LogP contribution is 2.01. The first kappa shape index (κ1) is 23.3. The van der Waals surface area contributed by atoms with Gasteiger partial charge in [-0.15, -0.1) is 0 Å². The summed E-state index contributed by atoms with van der Waals surface area (Å²) >= 11 is 0. The number of unbranched alkanes of at least 4 members (excludes halogenated alkanes) is 1. The molecule has 0 aromatic heterocycles. The van der Waals surface area contributed by atoms with Crippen LogP contribution in [0.1, 0.15) is 39.0 Å². The van der Waals surface area contributed by atoms with Gasteiger partial charge in [-0.3, -0.25) is 15.0 Å². The van der Waals surface area contributed by atoms with E-state index in [0.717, 1.165) is 19.0 Å². The molecule has 11 N–H and O–H groups in total. The van der Waals surface area contributed by atoms with Crippen molar-refractivity contribution in [2.24, 2.45) is 11.5 Å². The monoisotopic (exact) mass is 373 g/mol. The fourth-order valence-electron chi connectivity index (χ4n) is 2.00. The zero-order valence-electron chi connectivity index (χ0n) is 15.0. The number of amides is 2. The summed E-state index contributed by atoms with van der Waals surface area (Å²) in [6.07, 6.45) is 2.64. The summed E-state index contributed by atoms with van der Waals surface area (Å²) in [7, 11) is 0. The predicted molar refractivity (Wildman–Crippen MR) is 97.7 cm³/mol. The van der Waals surface area contributed by atoms with Crippen LogP contribution in [0.2, 0.25) is 0 Å². The van der Waals surface area contributed by atoms with Crippen LogP contribution in [-0.2, 0) is 9.59 Å². The molecule has 0 aliphatic heterocycles. The predicted octanol–water partition coefficient (Wildman–Crippen LogP) is -1.74. The lowest BCUT2D eigenvalue weighted by Gasteiger charge is -2.24. The van der Waals surface area contributed by atoms with Crippen molar-refractivity contribution < 1.29 is 19.8 Å². The highest BCUT2D eigenvalue weighted by Gasteiger charge is 2.20. The molecule has 0 aliphatic rings. The molecule has 0 radical (unpaired) electrons. The number of carbonyl (C=O) groups excluding carboxylic acids is 2. The Labute approximate surface area is 153 Å². The molecule has 0 spiro atoms. The van der Waals surface area contributed by atoms with Crippen molar-refractivity contribution in [1.82, 2.24) is 21.3 Å². The van der Waals surface area contributed by atoms with Crippen LogP contribution in [0.5, 0.6) is 0 Å². The molecule has 150 valence electrons. The minimum atomic E-state index is -1.21. The van der Waals surface area contributed by atoms with Gasteiger partial charge < -0.3 is 42.9 Å². The fraction of sp³-hybridized carbons (Fsp3) is 0.667. The van der Waals surface area contributed by atoms with Crippen molar-refractivity contribution >= 4 is 17.8 Å². The maximum Gasteiger partial charge on any atom is 0.239 e. The van der Waals surface area contributed by atoms with E-state index in [4.69, 9.17) is 22.0 Å². The third kappa shape index (κ3) is 12.7. The molecule has 0 bridgehead atoms. The first-order valence-corrected chi connectivity index (χ1v) is 8.49. The summed E-state index contributed by atoms with van der Waals surface area (Å²) in [5, 5.41) is 36.3. The summed E-state index contributed by atoms with van der Waals surface area (Å²) in [4.78, 5) is 23.5. The summed E-state index contributed by atoms with van der Waals surface area (Å²) in [5.74, 6) is -1.36. The minimum Gasteiger partial charge on any atom is -0.494 e. The molecule has 0 aromatic carbocycles. The Morgan fingerprint density at radius 2 is 1.88 bits per heavy atom. The van der Waals surface area contributed by atoms with Crippen LogP contribution in [0, 0.1) is 5.41 Å². The lowest BCUT2D eigenvalue weighted by molar-refractivity contribution is -0.127. The van der Waals surface area contributed by atoms with Crippen LogP contribution >= 0.6 is 0 Å². The largest absolute Gasteiger partial charge is 0.494 e. The maximum absolute atomic E-state index is 12.0. The number of nitrogens with two attached hydrogens (primary N) is 2. The average molecular weight is 373 g/mol. The van der Waals surface area contributed by atoms with Crippen LogP contribution in [0.3, 0.4) is 0 Å². The van der Waals surface area contributed by atoms with E-state index in [1.54, 1.807) is 0 Å². The second-order valence-corrected chi connectivity index (χ2v) is 5.72. The Morgan fingerprint density at radius 3 is 2.46 bits per heavy atom. The second kappa shape index (κ2) is 13.6. The van der Waals surface area contributed by atoms with Crippen molar-refractivity contribution in [2.75, 3.05) is 13.1 Å². The molecule has 26 heavy (non-hydrogen) atoms. The molecule has 0 fully saturated rings. The van der Waals surface area contributed by atoms with Crippen LogP contribution in [0.25, 0.3) is 0 Å². The second-order valence-electron chi connectivity index (χ2n) is 5.72. The van der Waals surface area contributed by atoms with Gasteiger partial charge in [0.25, 0.3) is 0 Å². The normalized spacial score (nSPS) is 13.4. The van der Waals surface area contributed by atoms with Crippen LogP contribution in [-0.4, -0.2) is 53.3 Å². The first-order chi connectivity index (χ1) is 12.3. The van der Waals surface area contributed by atoms with Crippen LogP contribution in [0.4, 0.5) is 0 Å². The number of aliphatic hydroxyl groups is 2. The van der Waals surface area contributed by atoms with Gasteiger partial charge in [0.15, 0.2) is 11.8 Å². The Hall–Kier alpha value is -2.69. The van der Waals surface area contributed by atoms with Crippen molar-refractivity contribution in [3.63, 3.8) is 0 Å². The molecule has 0 rings (SSSR count). The molecule has 0 saturated heterocycles. The molecule has 0 saturated carbocycles. The van der Waals surface area contributed by atoms with E-state index >= 15 is 0 Å². The maximum atomic E-state index is 12.0. The third-order valence-corrected chi connectivity index (χ3v) is 3.34. The van der Waals surface area contributed by atoms with Gasteiger partial charge in [-0.25, -0.2) is 0 Å². The van der Waals surface area contributed by atoms with Gasteiger partial charge in [-0.2, -0.15) is 0 Å². The first-order valence-electron chi connectivity index (χ1n) is 8.49. The molecule has 2 atom stereocenters. The van der Waals surface area contributed by atoms with Crippen LogP contribution in [0.15, 0.2) is 12.1 Å². The molecular weight excluding hydrogens is 342 g/mol. The van der Waals surface area contributed by atoms with Gasteiger partial charge in [0, 0.05) is 13.0 Å². The van der Waals surface area contributed by atoms with Gasteiger partial charge in [-0.1, -0.05) is 13.3 Å². The number of guanidine groups is 1. The summed E-state index contributed by atoms with van der Waals surface area (Å²) in [6.45, 7) is 2.16. The van der Waals surface area contributed by atoms with E-state index < -0.39 is 24.1 Å². The molecule has 11 heteroatoms. The molecule has 2 amide bonds. The SMILES string of the molecule is CCCCC(=O)NCC(=O)NC(CCCNC(=N)N)C(O)N/C=C(/N)O. The Balaban J connectivity index is 4.51. The number of nitrogens with one attached hydrogen (secondary N) is 5. The highest BCUT2D eigenvalue weighted by atomic mass is 16.3. The van der Waals surface area contributed by atoms with Crippen molar-refractivity contribution in [1.29, 1.82) is 5.41 Å². The van der Waals surface area contributed by atoms with Crippen molar-refractivity contribution in [2.45, 2.75) is 51.3 Å². The molecular formula is C15H31N7O4. The van der Waals surface area contributed by atoms with Gasteiger partial charge >= 0.3 is 0 Å². The zero-order chi connectivity index (χ0) is 19.9. The third-order valence-electron chi connectivity index (χ3n) is 3.34. The van der Waals surface area contributed by atoms with Gasteiger partial charge in [0.1, 0.15) is 6.23 Å². The highest BCUT2D eigenvalue weighted by molar-refractivity contribution is 5.84. The van der Waals surface area contributed by atoms with Gasteiger partial charge in [0.05, 0.1) is 18.8 Å². The zero-order valence-corrected chi connectivity index (χ0v) is 15.0. The smallest absolute Gasteiger partial charge is 0.239 e. The summed E-state index contributed by atoms with van der Waals surface area (Å²) in [5.41, 5.74) is 10.3. The lowest BCUT2D eigenvalue weighted by Crippen LogP contribution is -2.51. The minimum absolute atomic E-state index is 0.171. The summed E-state index contributed by atoms with van der Waals surface area (Å²) < 4.78 is 0. The van der Waals surface area contributed by atoms with E-state index in [9.17, 15) is 14.7 Å². The number of carbonyl (C=O) groups is 2. The number of hydrogen-bond donors (Lipinski definition) is 9. The molecule has 0 heterocycles. The number of rotatable bonds is 13. The van der Waals surface area contributed by atoms with E-state index in [-0.39, 0.29) is 18.4 Å². The van der Waals surface area contributed by atoms with Crippen LogP contribution < -0.4 is 32.7 Å². The summed E-state index contributed by atoms with van der Waals surface area (Å²) in [6, 6.07) is -0.709. The molecule has 2 unspecified atom stereocenters. The number of hydrogen-bond acceptors (Lipinski definition) is 7. The molecule has 0 aliphatic carbocycles. The Kier molecular flexibility index (Phi) is 12.2. The van der Waals surface area contributed by atoms with Gasteiger partial charge in [0.2, 0.25) is 11.8 Å². The van der Waals surface area contributed by atoms with E-state index in [0.29, 0.717) is 25.8 Å². The standard InChI is InChI=1S/C15H31N7O4/c1-2-3-6-12(24)20-9-13(25)22-10(5-4-7-19-15(17)18)14(26)21-8-11(16)23/h8,10,14,21,23,26H,2-7,9,16H2,1H3,(H,20,24)(H,22,25)(H4,17,18,19)/b11-8-. The fourth-order valence-corrected chi connectivity index (χ4v) is 2.00. The van der Waals surface area contributed by atoms with Gasteiger partial charge in [-0.05, 0) is 19.3 Å². The average Bonchev–Trinajstić information content (AvgIpc) is 2.58. The molecule has 11 nitrogen and oxygen atoms in total. The Morgan fingerprint density at radius 1 is 1.19 bits per heavy atom. The molecule has 0 aromatic rings. The van der Waals surface area contributed by atoms with E-state index in [1.807, 2.05) is 6.92 Å². The van der Waals surface area contributed by atoms with Crippen molar-refractivity contribution in [3.8, 4) is 0 Å². The van der Waals surface area contributed by atoms with E-state index in [1.165, 1.54) is 0 Å². The number of aliphatic hydroxyl groups excluding tert-OH is 2. The topological polar surface area (TPSA) is 199 Å². The van der Waals surface area contributed by atoms with E-state index in [2.05, 4.69) is 21.3 Å². The Bertz CT molecular complexity index is 481.